The van der Waals surface area contributed by atoms with E-state index < -0.39 is 0 Å². The van der Waals surface area contributed by atoms with Gasteiger partial charge in [-0.25, -0.2) is 0 Å². The van der Waals surface area contributed by atoms with Crippen LogP contribution < -0.4 is 4.74 Å². The second kappa shape index (κ2) is 3.36. The van der Waals surface area contributed by atoms with Gasteiger partial charge in [-0.1, -0.05) is 6.07 Å². The molecule has 1 heterocycles. The first-order chi connectivity index (χ1) is 6.36. The lowest BCUT2D eigenvalue weighted by Crippen LogP contribution is -1.97. The zero-order valence-electron chi connectivity index (χ0n) is 7.54. The van der Waals surface area contributed by atoms with Gasteiger partial charge in [-0.15, -0.1) is 0 Å². The van der Waals surface area contributed by atoms with E-state index >= 15 is 0 Å². The molecular formula is C10H12O3. The molecule has 1 aromatic rings. The van der Waals surface area contributed by atoms with Crippen molar-refractivity contribution < 1.29 is 14.6 Å². The summed E-state index contributed by atoms with van der Waals surface area (Å²) < 4.78 is 10.4. The third kappa shape index (κ3) is 1.30. The van der Waals surface area contributed by atoms with E-state index in [2.05, 4.69) is 0 Å². The van der Waals surface area contributed by atoms with Gasteiger partial charge in [0.1, 0.15) is 5.75 Å². The van der Waals surface area contributed by atoms with Crippen molar-refractivity contribution in [3.05, 3.63) is 28.8 Å². The predicted octanol–water partition coefficient (Wildman–Crippen LogP) is 1.22. The first-order valence-corrected chi connectivity index (χ1v) is 4.23. The van der Waals surface area contributed by atoms with Crippen molar-refractivity contribution in [2.45, 2.75) is 19.8 Å². The van der Waals surface area contributed by atoms with Gasteiger partial charge in [0.25, 0.3) is 0 Å². The van der Waals surface area contributed by atoms with Crippen molar-refractivity contribution in [1.29, 1.82) is 0 Å². The average Bonchev–Trinajstić information content (AvgIpc) is 2.63. The maximum absolute atomic E-state index is 9.18. The first-order valence-electron chi connectivity index (χ1n) is 4.23. The third-order valence-electron chi connectivity index (χ3n) is 2.37. The van der Waals surface area contributed by atoms with Gasteiger partial charge in [0.15, 0.2) is 0 Å². The van der Waals surface area contributed by atoms with Crippen LogP contribution in [0.25, 0.3) is 0 Å². The normalized spacial score (nSPS) is 14.3. The fourth-order valence-corrected chi connectivity index (χ4v) is 1.66. The second-order valence-electron chi connectivity index (χ2n) is 3.03. The summed E-state index contributed by atoms with van der Waals surface area (Å²) in [7, 11) is 1.61. The number of ether oxygens (including phenoxy) is 2. The maximum atomic E-state index is 9.18. The van der Waals surface area contributed by atoms with Gasteiger partial charge < -0.3 is 14.6 Å². The lowest BCUT2D eigenvalue weighted by atomic mass is 10.0. The Labute approximate surface area is 76.9 Å². The highest BCUT2D eigenvalue weighted by molar-refractivity contribution is 5.45. The van der Waals surface area contributed by atoms with Crippen LogP contribution in [-0.2, 0) is 24.6 Å². The molecule has 1 aliphatic heterocycles. The van der Waals surface area contributed by atoms with Crippen LogP contribution in [0.4, 0.5) is 0 Å². The highest BCUT2D eigenvalue weighted by Crippen LogP contribution is 2.30. The molecule has 0 aliphatic carbocycles. The third-order valence-corrected chi connectivity index (χ3v) is 2.37. The van der Waals surface area contributed by atoms with Crippen LogP contribution in [0.2, 0.25) is 0 Å². The summed E-state index contributed by atoms with van der Waals surface area (Å²) in [5, 5.41) is 9.18. The number of aliphatic hydroxyl groups is 1. The summed E-state index contributed by atoms with van der Waals surface area (Å²) in [5.74, 6) is 0.742. The smallest absolute Gasteiger partial charge is 0.124 e. The van der Waals surface area contributed by atoms with Crippen molar-refractivity contribution in [1.82, 2.24) is 0 Å². The molecule has 0 saturated heterocycles. The molecule has 0 unspecified atom stereocenters. The molecule has 1 aromatic carbocycles. The summed E-state index contributed by atoms with van der Waals surface area (Å²) in [6, 6.07) is 3.86. The molecule has 0 aromatic heterocycles. The zero-order chi connectivity index (χ0) is 9.26. The van der Waals surface area contributed by atoms with Crippen molar-refractivity contribution >= 4 is 0 Å². The van der Waals surface area contributed by atoms with Crippen LogP contribution in [0.3, 0.4) is 0 Å². The van der Waals surface area contributed by atoms with Crippen LogP contribution in [-0.4, -0.2) is 12.2 Å². The maximum Gasteiger partial charge on any atom is 0.124 e. The van der Waals surface area contributed by atoms with Crippen LogP contribution in [0.1, 0.15) is 16.7 Å². The van der Waals surface area contributed by atoms with E-state index in [1.165, 1.54) is 0 Å². The number of hydrogen-bond acceptors (Lipinski definition) is 3. The molecule has 0 amide bonds. The Kier molecular flexibility index (Phi) is 2.20. The molecule has 70 valence electrons. The van der Waals surface area contributed by atoms with Crippen molar-refractivity contribution in [3.63, 3.8) is 0 Å². The summed E-state index contributed by atoms with van der Waals surface area (Å²) >= 11 is 0. The number of rotatable bonds is 2. The van der Waals surface area contributed by atoms with E-state index in [0.717, 1.165) is 22.4 Å². The van der Waals surface area contributed by atoms with Crippen LogP contribution >= 0.6 is 0 Å². The van der Waals surface area contributed by atoms with E-state index in [0.29, 0.717) is 13.2 Å². The minimum atomic E-state index is 0.00963. The minimum absolute atomic E-state index is 0.00963. The summed E-state index contributed by atoms with van der Waals surface area (Å²) in [5.41, 5.74) is 3.10. The Bertz CT molecular complexity index is 320. The molecule has 0 fully saturated rings. The van der Waals surface area contributed by atoms with E-state index in [4.69, 9.17) is 9.47 Å². The van der Waals surface area contributed by atoms with Crippen LogP contribution in [0.5, 0.6) is 5.75 Å². The Morgan fingerprint density at radius 1 is 1.46 bits per heavy atom. The van der Waals surface area contributed by atoms with Crippen LogP contribution in [0, 0.1) is 0 Å². The lowest BCUT2D eigenvalue weighted by molar-refractivity contribution is 0.133. The highest BCUT2D eigenvalue weighted by atomic mass is 16.5. The first kappa shape index (κ1) is 8.53. The van der Waals surface area contributed by atoms with Gasteiger partial charge in [-0.2, -0.15) is 0 Å². The standard InChI is InChI=1S/C10H12O3/c1-12-10-3-2-7-5-13-6-9(7)8(10)4-11/h2-3,11H,4-6H2,1H3. The molecule has 0 saturated carbocycles. The second-order valence-corrected chi connectivity index (χ2v) is 3.03. The van der Waals surface area contributed by atoms with Crippen molar-refractivity contribution in [3.8, 4) is 5.75 Å². The lowest BCUT2D eigenvalue weighted by Gasteiger charge is -2.09. The number of methoxy groups -OCH3 is 1. The molecule has 3 nitrogen and oxygen atoms in total. The molecule has 13 heavy (non-hydrogen) atoms. The Morgan fingerprint density at radius 3 is 3.00 bits per heavy atom. The average molecular weight is 180 g/mol. The van der Waals surface area contributed by atoms with Gasteiger partial charge in [0, 0.05) is 5.56 Å². The molecule has 0 atom stereocenters. The van der Waals surface area contributed by atoms with Crippen molar-refractivity contribution in [2.24, 2.45) is 0 Å². The molecule has 0 spiro atoms. The summed E-state index contributed by atoms with van der Waals surface area (Å²) in [6.07, 6.45) is 0. The monoisotopic (exact) mass is 180 g/mol. The summed E-state index contributed by atoms with van der Waals surface area (Å²) in [6.45, 7) is 1.24. The van der Waals surface area contributed by atoms with Gasteiger partial charge in [-0.05, 0) is 17.2 Å². The molecule has 2 rings (SSSR count). The molecule has 1 aliphatic rings. The largest absolute Gasteiger partial charge is 0.496 e. The van der Waals surface area contributed by atoms with E-state index in [1.54, 1.807) is 7.11 Å². The Balaban J connectivity index is 2.53. The minimum Gasteiger partial charge on any atom is -0.496 e. The SMILES string of the molecule is COc1ccc2c(c1CO)COC2. The molecule has 0 radical (unpaired) electrons. The predicted molar refractivity (Wildman–Crippen MR) is 47.4 cm³/mol. The molecule has 1 N–H and O–H groups in total. The van der Waals surface area contributed by atoms with Crippen LogP contribution in [0.15, 0.2) is 12.1 Å². The van der Waals surface area contributed by atoms with Gasteiger partial charge >= 0.3 is 0 Å². The van der Waals surface area contributed by atoms with Gasteiger partial charge in [-0.3, -0.25) is 0 Å². The van der Waals surface area contributed by atoms with Gasteiger partial charge in [0.05, 0.1) is 26.9 Å². The van der Waals surface area contributed by atoms with E-state index in [9.17, 15) is 5.11 Å². The Hall–Kier alpha value is -1.06. The molecular weight excluding hydrogens is 168 g/mol. The van der Waals surface area contributed by atoms with E-state index in [1.807, 2.05) is 12.1 Å². The van der Waals surface area contributed by atoms with Gasteiger partial charge in [0.2, 0.25) is 0 Å². The molecule has 3 heteroatoms. The topological polar surface area (TPSA) is 38.7 Å². The number of fused-ring (bicyclic) bond motifs is 1. The van der Waals surface area contributed by atoms with E-state index in [-0.39, 0.29) is 6.61 Å². The Morgan fingerprint density at radius 2 is 2.31 bits per heavy atom. The number of hydrogen-bond donors (Lipinski definition) is 1. The number of aliphatic hydroxyl groups excluding tert-OH is 1. The summed E-state index contributed by atoms with van der Waals surface area (Å²) in [4.78, 5) is 0. The number of benzene rings is 1. The quantitative estimate of drug-likeness (QED) is 0.743. The fraction of sp³-hybridized carbons (Fsp3) is 0.400. The zero-order valence-corrected chi connectivity index (χ0v) is 7.54. The van der Waals surface area contributed by atoms with Crippen molar-refractivity contribution in [2.75, 3.05) is 7.11 Å². The highest BCUT2D eigenvalue weighted by Gasteiger charge is 2.17. The molecule has 0 bridgehead atoms. The fourth-order valence-electron chi connectivity index (χ4n) is 1.66.